The number of rotatable bonds is 3. The highest BCUT2D eigenvalue weighted by Gasteiger charge is 2.11. The Bertz CT molecular complexity index is 1560. The SMILES string of the molecule is Cc1cc(NC(=O)c2cncc(C#Cc3cnc4cccnn34)c2)cc(-c2nnn(C)n2)c1. The van der Waals surface area contributed by atoms with Gasteiger partial charge in [0.2, 0.25) is 5.82 Å². The van der Waals surface area contributed by atoms with Crippen LogP contribution in [0.15, 0.2) is 61.2 Å². The summed E-state index contributed by atoms with van der Waals surface area (Å²) in [6, 6.07) is 10.9. The summed E-state index contributed by atoms with van der Waals surface area (Å²) in [6.45, 7) is 1.93. The number of carbonyl (C=O) groups is 1. The summed E-state index contributed by atoms with van der Waals surface area (Å²) < 4.78 is 1.65. The predicted molar refractivity (Wildman–Crippen MR) is 120 cm³/mol. The summed E-state index contributed by atoms with van der Waals surface area (Å²) >= 11 is 0. The zero-order valence-corrected chi connectivity index (χ0v) is 17.8. The van der Waals surface area contributed by atoms with Crippen LogP contribution < -0.4 is 5.32 Å². The van der Waals surface area contributed by atoms with Gasteiger partial charge in [0.25, 0.3) is 5.91 Å². The second-order valence-corrected chi connectivity index (χ2v) is 7.29. The van der Waals surface area contributed by atoms with E-state index < -0.39 is 0 Å². The molecule has 10 heteroatoms. The number of tetrazole rings is 1. The summed E-state index contributed by atoms with van der Waals surface area (Å²) in [6.07, 6.45) is 6.42. The zero-order valence-electron chi connectivity index (χ0n) is 17.8. The third-order valence-electron chi connectivity index (χ3n) is 4.71. The maximum Gasteiger partial charge on any atom is 0.257 e. The van der Waals surface area contributed by atoms with E-state index in [2.05, 4.69) is 47.6 Å². The molecular weight excluding hydrogens is 418 g/mol. The van der Waals surface area contributed by atoms with E-state index >= 15 is 0 Å². The lowest BCUT2D eigenvalue weighted by Gasteiger charge is -2.08. The fourth-order valence-electron chi connectivity index (χ4n) is 3.27. The Kier molecular flexibility index (Phi) is 5.04. The first-order chi connectivity index (χ1) is 16.0. The number of nitrogens with zero attached hydrogens (tertiary/aromatic N) is 8. The molecule has 0 atom stereocenters. The van der Waals surface area contributed by atoms with E-state index in [1.807, 2.05) is 31.2 Å². The molecule has 0 radical (unpaired) electrons. The van der Waals surface area contributed by atoms with Crippen molar-refractivity contribution in [1.29, 1.82) is 0 Å². The van der Waals surface area contributed by atoms with Gasteiger partial charge in [0.05, 0.1) is 18.8 Å². The molecule has 10 nitrogen and oxygen atoms in total. The van der Waals surface area contributed by atoms with E-state index in [0.717, 1.165) is 11.1 Å². The Morgan fingerprint density at radius 1 is 1.09 bits per heavy atom. The van der Waals surface area contributed by atoms with Crippen molar-refractivity contribution in [3.63, 3.8) is 0 Å². The summed E-state index contributed by atoms with van der Waals surface area (Å²) in [5.74, 6) is 6.23. The molecule has 0 saturated carbocycles. The van der Waals surface area contributed by atoms with Gasteiger partial charge in [-0.1, -0.05) is 5.92 Å². The minimum Gasteiger partial charge on any atom is -0.322 e. The molecule has 0 aliphatic heterocycles. The van der Waals surface area contributed by atoms with Crippen molar-refractivity contribution in [2.45, 2.75) is 6.92 Å². The summed E-state index contributed by atoms with van der Waals surface area (Å²) in [7, 11) is 1.70. The lowest BCUT2D eigenvalue weighted by atomic mass is 10.1. The normalized spacial score (nSPS) is 10.6. The van der Waals surface area contributed by atoms with Crippen LogP contribution in [0.4, 0.5) is 5.69 Å². The van der Waals surface area contributed by atoms with Gasteiger partial charge in [-0.2, -0.15) is 9.90 Å². The van der Waals surface area contributed by atoms with Crippen LogP contribution in [0.1, 0.15) is 27.2 Å². The van der Waals surface area contributed by atoms with Crippen molar-refractivity contribution >= 4 is 17.2 Å². The molecule has 0 spiro atoms. The first kappa shape index (κ1) is 20.0. The monoisotopic (exact) mass is 435 g/mol. The van der Waals surface area contributed by atoms with Gasteiger partial charge in [-0.3, -0.25) is 9.78 Å². The molecule has 0 unspecified atom stereocenters. The Morgan fingerprint density at radius 3 is 2.85 bits per heavy atom. The van der Waals surface area contributed by atoms with Crippen molar-refractivity contribution in [2.75, 3.05) is 5.32 Å². The largest absolute Gasteiger partial charge is 0.322 e. The van der Waals surface area contributed by atoms with Gasteiger partial charge in [-0.25, -0.2) is 9.50 Å². The number of imidazole rings is 1. The van der Waals surface area contributed by atoms with Crippen LogP contribution in [0.25, 0.3) is 17.0 Å². The van der Waals surface area contributed by atoms with Crippen molar-refractivity contribution < 1.29 is 4.79 Å². The quantitative estimate of drug-likeness (QED) is 0.432. The van der Waals surface area contributed by atoms with Gasteiger partial charge in [0.15, 0.2) is 5.65 Å². The molecule has 0 fully saturated rings. The third kappa shape index (κ3) is 4.28. The molecule has 0 saturated heterocycles. The highest BCUT2D eigenvalue weighted by Crippen LogP contribution is 2.22. The number of anilines is 1. The van der Waals surface area contributed by atoms with Crippen LogP contribution in [0.3, 0.4) is 0 Å². The minimum atomic E-state index is -0.300. The second kappa shape index (κ2) is 8.32. The smallest absolute Gasteiger partial charge is 0.257 e. The molecular formula is C23H17N9O. The predicted octanol–water partition coefficient (Wildman–Crippen LogP) is 2.28. The third-order valence-corrected chi connectivity index (χ3v) is 4.71. The average molecular weight is 435 g/mol. The maximum atomic E-state index is 12.9. The Hall–Kier alpha value is -4.91. The number of fused-ring (bicyclic) bond motifs is 1. The number of aryl methyl sites for hydroxylation is 2. The van der Waals surface area contributed by atoms with Gasteiger partial charge in [0, 0.05) is 35.4 Å². The van der Waals surface area contributed by atoms with E-state index in [-0.39, 0.29) is 5.91 Å². The molecule has 1 N–H and O–H groups in total. The molecule has 0 bridgehead atoms. The fourth-order valence-corrected chi connectivity index (χ4v) is 3.27. The first-order valence-electron chi connectivity index (χ1n) is 9.98. The summed E-state index contributed by atoms with van der Waals surface area (Å²) in [5.41, 5.74) is 4.68. The highest BCUT2D eigenvalue weighted by molar-refractivity contribution is 6.04. The topological polar surface area (TPSA) is 116 Å². The molecule has 5 rings (SSSR count). The molecule has 1 aromatic carbocycles. The number of hydrogen-bond donors (Lipinski definition) is 1. The average Bonchev–Trinajstić information content (AvgIpc) is 3.44. The second-order valence-electron chi connectivity index (χ2n) is 7.29. The van der Waals surface area contributed by atoms with Gasteiger partial charge < -0.3 is 5.32 Å². The lowest BCUT2D eigenvalue weighted by molar-refractivity contribution is 0.102. The van der Waals surface area contributed by atoms with Crippen molar-refractivity contribution in [3.05, 3.63) is 83.6 Å². The standard InChI is InChI=1S/C23H17N9O/c1-15-8-17(22-28-30-31(2)29-22)11-19(9-15)27-23(33)18-10-16(12-24-13-18)5-6-20-14-25-21-4-3-7-26-32(20)21/h3-4,7-14H,1-2H3,(H,27,33). The van der Waals surface area contributed by atoms with E-state index in [1.54, 1.807) is 42.3 Å². The van der Waals surface area contributed by atoms with Gasteiger partial charge in [-0.05, 0) is 60.0 Å². The van der Waals surface area contributed by atoms with E-state index in [0.29, 0.717) is 34.0 Å². The van der Waals surface area contributed by atoms with Crippen LogP contribution in [0.2, 0.25) is 0 Å². The lowest BCUT2D eigenvalue weighted by Crippen LogP contribution is -2.12. The van der Waals surface area contributed by atoms with Gasteiger partial charge in [-0.15, -0.1) is 10.2 Å². The number of aromatic nitrogens is 8. The molecule has 1 amide bonds. The van der Waals surface area contributed by atoms with Gasteiger partial charge >= 0.3 is 0 Å². The van der Waals surface area contributed by atoms with Crippen LogP contribution in [0, 0.1) is 18.8 Å². The van der Waals surface area contributed by atoms with Crippen molar-refractivity contribution in [2.24, 2.45) is 7.05 Å². The van der Waals surface area contributed by atoms with Crippen LogP contribution in [0.5, 0.6) is 0 Å². The Balaban J connectivity index is 1.38. The van der Waals surface area contributed by atoms with Crippen LogP contribution in [-0.2, 0) is 7.05 Å². The zero-order chi connectivity index (χ0) is 22.8. The van der Waals surface area contributed by atoms with Crippen LogP contribution >= 0.6 is 0 Å². The Morgan fingerprint density at radius 2 is 2.00 bits per heavy atom. The van der Waals surface area contributed by atoms with E-state index in [9.17, 15) is 4.79 Å². The minimum absolute atomic E-state index is 0.300. The van der Waals surface area contributed by atoms with Crippen molar-refractivity contribution in [3.8, 4) is 23.2 Å². The number of carbonyl (C=O) groups excluding carboxylic acids is 1. The molecule has 5 aromatic rings. The highest BCUT2D eigenvalue weighted by atomic mass is 16.1. The maximum absolute atomic E-state index is 12.9. The summed E-state index contributed by atoms with van der Waals surface area (Å²) in [5, 5.41) is 19.3. The van der Waals surface area contributed by atoms with Crippen molar-refractivity contribution in [1.82, 2.24) is 39.8 Å². The van der Waals surface area contributed by atoms with E-state index in [1.165, 1.54) is 11.0 Å². The molecule has 0 aliphatic rings. The van der Waals surface area contributed by atoms with Crippen LogP contribution in [-0.4, -0.2) is 45.7 Å². The number of pyridine rings is 1. The summed E-state index contributed by atoms with van der Waals surface area (Å²) in [4.78, 5) is 22.7. The number of hydrogen-bond acceptors (Lipinski definition) is 7. The molecule has 33 heavy (non-hydrogen) atoms. The number of benzene rings is 1. The number of nitrogens with one attached hydrogen (secondary N) is 1. The number of amides is 1. The first-order valence-corrected chi connectivity index (χ1v) is 9.98. The van der Waals surface area contributed by atoms with E-state index in [4.69, 9.17) is 0 Å². The molecule has 0 aliphatic carbocycles. The molecule has 4 heterocycles. The molecule has 4 aromatic heterocycles. The van der Waals surface area contributed by atoms with Gasteiger partial charge in [0.1, 0.15) is 5.69 Å². The molecule has 160 valence electrons. The Labute approximate surface area is 188 Å². The fraction of sp³-hybridized carbons (Fsp3) is 0.0870.